The van der Waals surface area contributed by atoms with Crippen LogP contribution in [0.15, 0.2) is 15.8 Å². The van der Waals surface area contributed by atoms with Crippen molar-refractivity contribution in [3.8, 4) is 0 Å². The Balaban J connectivity index is 1.99. The number of ether oxygens (including phenoxy) is 1. The van der Waals surface area contributed by atoms with Gasteiger partial charge in [-0.25, -0.2) is 9.36 Å². The molecule has 0 aliphatic carbocycles. The molecule has 1 aliphatic rings. The van der Waals surface area contributed by atoms with Gasteiger partial charge >= 0.3 is 13.5 Å². The van der Waals surface area contributed by atoms with Gasteiger partial charge in [0.2, 0.25) is 0 Å². The number of aryl methyl sites for hydroxylation is 1. The second-order valence-electron chi connectivity index (χ2n) is 5.39. The van der Waals surface area contributed by atoms with E-state index in [0.717, 1.165) is 6.42 Å². The highest BCUT2D eigenvalue weighted by molar-refractivity contribution is 7.47. The van der Waals surface area contributed by atoms with Crippen molar-refractivity contribution in [3.63, 3.8) is 0 Å². The number of nitrogens with zero attached hydrogens (tertiary/aromatic N) is 1. The first-order valence-electron chi connectivity index (χ1n) is 7.42. The number of unbranched alkanes of at least 4 members (excludes halogenated alkanes) is 1. The van der Waals surface area contributed by atoms with Gasteiger partial charge in [0.05, 0.1) is 19.3 Å². The van der Waals surface area contributed by atoms with Crippen LogP contribution in [-0.2, 0) is 18.3 Å². The standard InChI is InChI=1S/C13H21N2O7P/c1-3-4-5-21-23(18,19)22-10-6-11(20-8-10)15-7-9(2)12(16)14-13(15)17/h7,10-11H,3-6,8H2,1-2H3,(H,18,19)(H,14,16,17)/t10?,11-/m1/s1. The van der Waals surface area contributed by atoms with E-state index < -0.39 is 31.4 Å². The Labute approximate surface area is 132 Å². The number of nitrogens with one attached hydrogen (secondary N) is 1. The first-order valence-corrected chi connectivity index (χ1v) is 8.91. The zero-order chi connectivity index (χ0) is 17.0. The normalized spacial score (nSPS) is 23.8. The minimum atomic E-state index is -4.14. The number of phosphoric ester groups is 1. The van der Waals surface area contributed by atoms with Gasteiger partial charge in [-0.05, 0) is 13.3 Å². The van der Waals surface area contributed by atoms with E-state index in [1.54, 1.807) is 6.92 Å². The van der Waals surface area contributed by atoms with E-state index in [-0.39, 0.29) is 19.6 Å². The Morgan fingerprint density at radius 1 is 1.52 bits per heavy atom. The summed E-state index contributed by atoms with van der Waals surface area (Å²) in [7, 11) is -4.14. The molecule has 0 radical (unpaired) electrons. The van der Waals surface area contributed by atoms with Crippen molar-refractivity contribution in [1.82, 2.24) is 9.55 Å². The lowest BCUT2D eigenvalue weighted by Crippen LogP contribution is -2.33. The number of rotatable bonds is 7. The van der Waals surface area contributed by atoms with Crippen molar-refractivity contribution in [3.05, 3.63) is 32.6 Å². The maximum absolute atomic E-state index is 11.8. The van der Waals surface area contributed by atoms with Crippen LogP contribution in [-0.4, -0.2) is 33.8 Å². The Bertz CT molecular complexity index is 698. The van der Waals surface area contributed by atoms with Gasteiger partial charge in [-0.1, -0.05) is 13.3 Å². The van der Waals surface area contributed by atoms with Crippen molar-refractivity contribution >= 4 is 7.82 Å². The number of hydrogen-bond acceptors (Lipinski definition) is 6. The molecule has 3 atom stereocenters. The van der Waals surface area contributed by atoms with Gasteiger partial charge in [-0.15, -0.1) is 0 Å². The second kappa shape index (κ2) is 7.55. The second-order valence-corrected chi connectivity index (χ2v) is 6.79. The van der Waals surface area contributed by atoms with Gasteiger partial charge in [0, 0.05) is 18.2 Å². The average molecular weight is 348 g/mol. The third-order valence-corrected chi connectivity index (χ3v) is 4.50. The van der Waals surface area contributed by atoms with Crippen molar-refractivity contribution in [2.24, 2.45) is 0 Å². The van der Waals surface area contributed by atoms with E-state index in [1.165, 1.54) is 10.8 Å². The number of aromatic amines is 1. The molecule has 0 spiro atoms. The molecule has 2 heterocycles. The lowest BCUT2D eigenvalue weighted by Gasteiger charge is -2.16. The summed E-state index contributed by atoms with van der Waals surface area (Å²) in [5.74, 6) is 0. The SMILES string of the molecule is CCCCOP(=O)(O)OC1CO[C@@H](n2cc(C)c(=O)[nH]c2=O)C1. The average Bonchev–Trinajstić information content (AvgIpc) is 2.90. The zero-order valence-corrected chi connectivity index (χ0v) is 14.0. The lowest BCUT2D eigenvalue weighted by molar-refractivity contribution is 0.0418. The number of aromatic nitrogens is 2. The third-order valence-electron chi connectivity index (χ3n) is 3.43. The van der Waals surface area contributed by atoms with E-state index in [2.05, 4.69) is 4.98 Å². The van der Waals surface area contributed by atoms with Gasteiger partial charge in [0.15, 0.2) is 0 Å². The van der Waals surface area contributed by atoms with Crippen molar-refractivity contribution in [2.75, 3.05) is 13.2 Å². The molecule has 1 aromatic heterocycles. The van der Waals surface area contributed by atoms with E-state index >= 15 is 0 Å². The maximum Gasteiger partial charge on any atom is 0.472 e. The van der Waals surface area contributed by atoms with Crippen LogP contribution < -0.4 is 11.2 Å². The summed E-state index contributed by atoms with van der Waals surface area (Å²) >= 11 is 0. The molecule has 0 saturated carbocycles. The molecule has 1 aromatic rings. The highest BCUT2D eigenvalue weighted by Gasteiger charge is 2.34. The highest BCUT2D eigenvalue weighted by Crippen LogP contribution is 2.46. The molecule has 2 rings (SSSR count). The van der Waals surface area contributed by atoms with Crippen LogP contribution >= 0.6 is 7.82 Å². The fraction of sp³-hybridized carbons (Fsp3) is 0.692. The molecular weight excluding hydrogens is 327 g/mol. The molecule has 2 N–H and O–H groups in total. The predicted octanol–water partition coefficient (Wildman–Crippen LogP) is 1.07. The van der Waals surface area contributed by atoms with E-state index in [4.69, 9.17) is 13.8 Å². The van der Waals surface area contributed by atoms with Crippen LogP contribution in [0, 0.1) is 6.92 Å². The molecule has 10 heteroatoms. The topological polar surface area (TPSA) is 120 Å². The zero-order valence-electron chi connectivity index (χ0n) is 13.1. The van der Waals surface area contributed by atoms with Crippen LogP contribution in [0.1, 0.15) is 38.0 Å². The molecule has 0 aromatic carbocycles. The van der Waals surface area contributed by atoms with Gasteiger partial charge < -0.3 is 9.63 Å². The molecule has 1 saturated heterocycles. The van der Waals surface area contributed by atoms with E-state index in [0.29, 0.717) is 12.0 Å². The number of phosphoric acid groups is 1. The molecule has 23 heavy (non-hydrogen) atoms. The molecule has 1 aliphatic heterocycles. The van der Waals surface area contributed by atoms with Gasteiger partial charge in [0.25, 0.3) is 5.56 Å². The molecule has 0 amide bonds. The Morgan fingerprint density at radius 3 is 2.96 bits per heavy atom. The van der Waals surface area contributed by atoms with Crippen LogP contribution in [0.2, 0.25) is 0 Å². The molecular formula is C13H21N2O7P. The largest absolute Gasteiger partial charge is 0.472 e. The summed E-state index contributed by atoms with van der Waals surface area (Å²) in [5, 5.41) is 0. The predicted molar refractivity (Wildman–Crippen MR) is 81.2 cm³/mol. The van der Waals surface area contributed by atoms with E-state index in [9.17, 15) is 19.0 Å². The Morgan fingerprint density at radius 2 is 2.26 bits per heavy atom. The fourth-order valence-electron chi connectivity index (χ4n) is 2.19. The van der Waals surface area contributed by atoms with Crippen LogP contribution in [0.4, 0.5) is 0 Å². The summed E-state index contributed by atoms with van der Waals surface area (Å²) < 4.78 is 28.4. The van der Waals surface area contributed by atoms with Crippen molar-refractivity contribution in [2.45, 2.75) is 45.4 Å². The third kappa shape index (κ3) is 4.86. The molecule has 2 unspecified atom stereocenters. The van der Waals surface area contributed by atoms with Crippen molar-refractivity contribution in [1.29, 1.82) is 0 Å². The number of hydrogen-bond donors (Lipinski definition) is 2. The van der Waals surface area contributed by atoms with Gasteiger partial charge in [-0.2, -0.15) is 0 Å². The minimum Gasteiger partial charge on any atom is -0.355 e. The van der Waals surface area contributed by atoms with Crippen LogP contribution in [0.3, 0.4) is 0 Å². The molecule has 130 valence electrons. The van der Waals surface area contributed by atoms with Crippen LogP contribution in [0.25, 0.3) is 0 Å². The summed E-state index contributed by atoms with van der Waals surface area (Å²) in [4.78, 5) is 35.0. The Kier molecular flexibility index (Phi) is 5.94. The smallest absolute Gasteiger partial charge is 0.355 e. The molecule has 1 fully saturated rings. The minimum absolute atomic E-state index is 0.0525. The van der Waals surface area contributed by atoms with Gasteiger partial charge in [0.1, 0.15) is 6.23 Å². The lowest BCUT2D eigenvalue weighted by atomic mass is 10.3. The summed E-state index contributed by atoms with van der Waals surface area (Å²) in [6, 6.07) is 0. The summed E-state index contributed by atoms with van der Waals surface area (Å²) in [5.41, 5.74) is -0.688. The number of H-pyrrole nitrogens is 1. The Hall–Kier alpha value is -1.25. The van der Waals surface area contributed by atoms with E-state index in [1.807, 2.05) is 6.92 Å². The fourth-order valence-corrected chi connectivity index (χ4v) is 3.13. The summed E-state index contributed by atoms with van der Waals surface area (Å²) in [6.45, 7) is 3.70. The first-order chi connectivity index (χ1) is 10.8. The van der Waals surface area contributed by atoms with Crippen LogP contribution in [0.5, 0.6) is 0 Å². The van der Waals surface area contributed by atoms with Crippen molar-refractivity contribution < 1.29 is 23.2 Å². The quantitative estimate of drug-likeness (QED) is 0.558. The monoisotopic (exact) mass is 348 g/mol. The first kappa shape index (κ1) is 18.1. The molecule has 0 bridgehead atoms. The highest BCUT2D eigenvalue weighted by atomic mass is 31.2. The van der Waals surface area contributed by atoms with Gasteiger partial charge in [-0.3, -0.25) is 23.4 Å². The molecule has 9 nitrogen and oxygen atoms in total. The summed E-state index contributed by atoms with van der Waals surface area (Å²) in [6.07, 6.45) is 1.75. The maximum atomic E-state index is 11.8.